The van der Waals surface area contributed by atoms with Gasteiger partial charge in [0.15, 0.2) is 11.6 Å². The van der Waals surface area contributed by atoms with Crippen LogP contribution in [0.3, 0.4) is 0 Å². The van der Waals surface area contributed by atoms with Crippen molar-refractivity contribution in [3.63, 3.8) is 0 Å². The van der Waals surface area contributed by atoms with Crippen LogP contribution in [-0.4, -0.2) is 71.5 Å². The molecule has 1 saturated carbocycles. The van der Waals surface area contributed by atoms with Gasteiger partial charge in [0, 0.05) is 53.3 Å². The van der Waals surface area contributed by atoms with Gasteiger partial charge in [-0.3, -0.25) is 9.79 Å². The van der Waals surface area contributed by atoms with Gasteiger partial charge in [-0.15, -0.1) is 11.3 Å². The zero-order chi connectivity index (χ0) is 28.9. The molecule has 3 saturated heterocycles. The molecule has 4 aliphatic heterocycles. The van der Waals surface area contributed by atoms with Crippen molar-refractivity contribution in [2.24, 2.45) is 10.4 Å². The highest BCUT2D eigenvalue weighted by Gasteiger charge is 2.51. The van der Waals surface area contributed by atoms with Crippen molar-refractivity contribution in [3.8, 4) is 11.4 Å². The number of aromatic amines is 1. The lowest BCUT2D eigenvalue weighted by Crippen LogP contribution is -2.53. The highest BCUT2D eigenvalue weighted by molar-refractivity contribution is 7.19. The Hall–Kier alpha value is -3.93. The highest BCUT2D eigenvalue weighted by Crippen LogP contribution is 2.55. The van der Waals surface area contributed by atoms with Crippen molar-refractivity contribution >= 4 is 45.6 Å². The molecule has 0 atom stereocenters. The van der Waals surface area contributed by atoms with Gasteiger partial charge in [-0.1, -0.05) is 18.2 Å². The van der Waals surface area contributed by atoms with E-state index < -0.39 is 0 Å². The molecular formula is C32H33N7O3S. The first-order valence-corrected chi connectivity index (χ1v) is 15.8. The molecule has 43 heavy (non-hydrogen) atoms. The number of fused-ring (bicyclic) bond motifs is 5. The number of ether oxygens (including phenoxy) is 2. The molecule has 3 aromatic heterocycles. The summed E-state index contributed by atoms with van der Waals surface area (Å²) in [6, 6.07) is 8.54. The van der Waals surface area contributed by atoms with Crippen molar-refractivity contribution in [2.75, 3.05) is 44.4 Å². The second kappa shape index (κ2) is 10.7. The van der Waals surface area contributed by atoms with Crippen molar-refractivity contribution in [3.05, 3.63) is 64.6 Å². The number of morpholine rings is 1. The number of aromatic nitrogens is 4. The number of benzene rings is 1. The second-order valence-corrected chi connectivity index (χ2v) is 13.0. The number of hydrogen-bond acceptors (Lipinski definition) is 9. The van der Waals surface area contributed by atoms with Crippen LogP contribution >= 0.6 is 11.3 Å². The van der Waals surface area contributed by atoms with E-state index in [0.29, 0.717) is 32.9 Å². The van der Waals surface area contributed by atoms with Crippen molar-refractivity contribution in [2.45, 2.75) is 37.8 Å². The van der Waals surface area contributed by atoms with E-state index in [1.54, 1.807) is 36.0 Å². The number of imidazole rings is 1. The van der Waals surface area contributed by atoms with Gasteiger partial charge in [0.05, 0.1) is 54.8 Å². The summed E-state index contributed by atoms with van der Waals surface area (Å²) in [4.78, 5) is 37.8. The van der Waals surface area contributed by atoms with Crippen molar-refractivity contribution in [1.29, 1.82) is 0 Å². The van der Waals surface area contributed by atoms with Gasteiger partial charge in [-0.25, -0.2) is 15.0 Å². The highest BCUT2D eigenvalue weighted by atomic mass is 32.1. The Balaban J connectivity index is 1.06. The summed E-state index contributed by atoms with van der Waals surface area (Å²) in [5, 5.41) is 3.11. The number of amides is 1. The number of H-pyrrole nitrogens is 1. The topological polar surface area (TPSA) is 118 Å². The zero-order valence-corrected chi connectivity index (χ0v) is 24.7. The monoisotopic (exact) mass is 595 g/mol. The number of anilines is 1. The third-order valence-electron chi connectivity index (χ3n) is 9.38. The lowest BCUT2D eigenvalue weighted by Gasteiger charge is -2.52. The fourth-order valence-electron chi connectivity index (χ4n) is 6.75. The number of hydrogen-bond donors (Lipinski definition) is 2. The van der Waals surface area contributed by atoms with E-state index in [-0.39, 0.29) is 16.9 Å². The summed E-state index contributed by atoms with van der Waals surface area (Å²) < 4.78 is 13.5. The first-order chi connectivity index (χ1) is 21.1. The molecule has 7 heterocycles. The Morgan fingerprint density at radius 1 is 1.16 bits per heavy atom. The minimum absolute atomic E-state index is 0.0307. The minimum Gasteiger partial charge on any atom is -0.378 e. The predicted molar refractivity (Wildman–Crippen MR) is 166 cm³/mol. The molecule has 2 bridgehead atoms. The van der Waals surface area contributed by atoms with Crippen LogP contribution in [0.1, 0.15) is 47.4 Å². The maximum absolute atomic E-state index is 12.5. The Labute approximate surface area is 253 Å². The van der Waals surface area contributed by atoms with Crippen LogP contribution < -0.4 is 10.2 Å². The van der Waals surface area contributed by atoms with Crippen LogP contribution in [-0.2, 0) is 26.4 Å². The van der Waals surface area contributed by atoms with Gasteiger partial charge < -0.3 is 24.7 Å². The predicted octanol–water partition coefficient (Wildman–Crippen LogP) is 4.47. The average Bonchev–Trinajstić information content (AvgIpc) is 3.85. The van der Waals surface area contributed by atoms with Crippen LogP contribution in [0.15, 0.2) is 47.9 Å². The lowest BCUT2D eigenvalue weighted by molar-refractivity contribution is -0.186. The fraction of sp³-hybridized carbons (Fsp3) is 0.406. The quantitative estimate of drug-likeness (QED) is 0.303. The molecule has 1 aliphatic carbocycles. The molecule has 1 aromatic carbocycles. The van der Waals surface area contributed by atoms with Crippen molar-refractivity contribution in [1.82, 2.24) is 25.3 Å². The van der Waals surface area contributed by atoms with E-state index in [9.17, 15) is 4.79 Å². The number of nitrogens with zero attached hydrogens (tertiary/aromatic N) is 5. The largest absolute Gasteiger partial charge is 0.378 e. The Morgan fingerprint density at radius 3 is 2.84 bits per heavy atom. The molecule has 4 aromatic rings. The summed E-state index contributed by atoms with van der Waals surface area (Å²) >= 11 is 1.78. The van der Waals surface area contributed by atoms with Crippen LogP contribution in [0.25, 0.3) is 27.7 Å². The summed E-state index contributed by atoms with van der Waals surface area (Å²) in [6.45, 7) is 4.95. The maximum atomic E-state index is 12.5. The van der Waals surface area contributed by atoms with Gasteiger partial charge in [0.25, 0.3) is 0 Å². The Bertz CT molecular complexity index is 1710. The summed E-state index contributed by atoms with van der Waals surface area (Å²) in [7, 11) is 0. The first-order valence-electron chi connectivity index (χ1n) is 15.0. The smallest absolute Gasteiger partial charge is 0.244 e. The first kappa shape index (κ1) is 26.7. The molecule has 1 amide bonds. The summed E-state index contributed by atoms with van der Waals surface area (Å²) in [6.07, 6.45) is 12.4. The van der Waals surface area contributed by atoms with Crippen LogP contribution in [0.2, 0.25) is 0 Å². The van der Waals surface area contributed by atoms with Gasteiger partial charge in [-0.2, -0.15) is 0 Å². The third-order valence-corrected chi connectivity index (χ3v) is 10.7. The Kier molecular flexibility index (Phi) is 6.61. The van der Waals surface area contributed by atoms with E-state index in [1.165, 1.54) is 10.4 Å². The summed E-state index contributed by atoms with van der Waals surface area (Å²) in [5.74, 6) is 1.62. The van der Waals surface area contributed by atoms with Crippen LogP contribution in [0, 0.1) is 5.41 Å². The van der Waals surface area contributed by atoms with E-state index in [0.717, 1.165) is 77.5 Å². The molecule has 9 rings (SSSR count). The second-order valence-electron chi connectivity index (χ2n) is 12.0. The fourth-order valence-corrected chi connectivity index (χ4v) is 8.06. The van der Waals surface area contributed by atoms with E-state index >= 15 is 0 Å². The molecule has 0 spiro atoms. The molecule has 10 nitrogen and oxygen atoms in total. The molecule has 2 N–H and O–H groups in total. The molecule has 0 radical (unpaired) electrons. The Morgan fingerprint density at radius 2 is 2.05 bits per heavy atom. The lowest BCUT2D eigenvalue weighted by atomic mass is 9.65. The molecule has 5 aliphatic rings. The number of nitrogens with one attached hydrogen (secondary N) is 2. The normalized spacial score (nSPS) is 24.7. The summed E-state index contributed by atoms with van der Waals surface area (Å²) in [5.41, 5.74) is 4.78. The van der Waals surface area contributed by atoms with Gasteiger partial charge in [-0.05, 0) is 43.4 Å². The van der Waals surface area contributed by atoms with E-state index in [4.69, 9.17) is 19.4 Å². The number of thiophene rings is 1. The average molecular weight is 596 g/mol. The van der Waals surface area contributed by atoms with E-state index in [1.807, 2.05) is 6.21 Å². The van der Waals surface area contributed by atoms with Gasteiger partial charge in [0.2, 0.25) is 5.91 Å². The van der Waals surface area contributed by atoms with Gasteiger partial charge in [0.1, 0.15) is 5.60 Å². The number of aliphatic imine (C=N–C) groups is 1. The number of rotatable bonds is 7. The van der Waals surface area contributed by atoms with Gasteiger partial charge >= 0.3 is 0 Å². The van der Waals surface area contributed by atoms with Crippen LogP contribution in [0.5, 0.6) is 0 Å². The minimum atomic E-state index is -0.319. The third kappa shape index (κ3) is 4.85. The van der Waals surface area contributed by atoms with Crippen molar-refractivity contribution < 1.29 is 14.3 Å². The molecule has 0 unspecified atom stereocenters. The van der Waals surface area contributed by atoms with Crippen LogP contribution in [0.4, 0.5) is 5.82 Å². The maximum Gasteiger partial charge on any atom is 0.244 e. The zero-order valence-electron chi connectivity index (χ0n) is 23.8. The SMILES string of the molecule is O=C(/C=C/c1cnc[nH]1)NCC12CCC(c3cc4nc(-c5cccc6c5C=NC6)nc(N5CCOCC5)c4s3)(CC1)OC2. The molecular weight excluding hydrogens is 562 g/mol. The number of carbonyl (C=O) groups is 1. The molecule has 220 valence electrons. The molecule has 4 fully saturated rings. The van der Waals surface area contributed by atoms with E-state index in [2.05, 4.69) is 49.4 Å². The standard InChI is InChI=1S/C32H33N7O3S/c40-27(5-4-22-16-34-20-36-22)35-18-31-6-8-32(9-7-31,42-19-31)26-14-25-28(43-26)30(39-10-12-41-13-11-39)38-29(37-25)23-3-1-2-21-15-33-17-24(21)23/h1-5,14,16-17,20H,6-13,15,18-19H2,(H,34,36)(H,35,40)/b5-4+. The number of carbonyl (C=O) groups excluding carboxylic acids is 1. The molecule has 11 heteroatoms.